The minimum Gasteiger partial charge on any atom is -0.298 e. The number of hydrogen-bond acceptors (Lipinski definition) is 7. The number of benzene rings is 1. The summed E-state index contributed by atoms with van der Waals surface area (Å²) < 4.78 is 26.4. The molecular formula is C21H16ClN3O4S2. The highest BCUT2D eigenvalue weighted by Crippen LogP contribution is 2.26. The van der Waals surface area contributed by atoms with Crippen molar-refractivity contribution in [1.29, 1.82) is 0 Å². The third-order valence-corrected chi connectivity index (χ3v) is 8.07. The van der Waals surface area contributed by atoms with Crippen molar-refractivity contribution < 1.29 is 13.2 Å². The van der Waals surface area contributed by atoms with E-state index in [1.165, 1.54) is 29.2 Å². The van der Waals surface area contributed by atoms with E-state index in [0.29, 0.717) is 26.6 Å². The van der Waals surface area contributed by atoms with Crippen molar-refractivity contribution in [3.63, 3.8) is 0 Å². The number of fused-ring (bicyclic) bond motifs is 1. The van der Waals surface area contributed by atoms with E-state index in [2.05, 4.69) is 9.97 Å². The van der Waals surface area contributed by atoms with Crippen molar-refractivity contribution in [3.05, 3.63) is 80.8 Å². The lowest BCUT2D eigenvalue weighted by molar-refractivity contribution is -0.116. The standard InChI is InChI=1S/C21H16ClN3O4S2/c1-13-2-4-16-17(8-13)24-12-25(21(16)27)19-6-3-14(10-23-19)9-15(26)11-31(28,29)20-7-5-18(22)30-20/h2-8,10,12H,9,11H2,1H3. The quantitative estimate of drug-likeness (QED) is 0.425. The van der Waals surface area contributed by atoms with Crippen LogP contribution in [0.5, 0.6) is 0 Å². The summed E-state index contributed by atoms with van der Waals surface area (Å²) in [6, 6.07) is 11.5. The molecule has 0 saturated heterocycles. The molecule has 0 aliphatic carbocycles. The maximum absolute atomic E-state index is 12.7. The average molecular weight is 474 g/mol. The summed E-state index contributed by atoms with van der Waals surface area (Å²) in [4.78, 5) is 33.6. The summed E-state index contributed by atoms with van der Waals surface area (Å²) in [6.45, 7) is 1.93. The molecule has 0 spiro atoms. The molecule has 0 bridgehead atoms. The highest BCUT2D eigenvalue weighted by Gasteiger charge is 2.21. The summed E-state index contributed by atoms with van der Waals surface area (Å²) >= 11 is 6.70. The van der Waals surface area contributed by atoms with Gasteiger partial charge in [0, 0.05) is 12.6 Å². The predicted molar refractivity (Wildman–Crippen MR) is 120 cm³/mol. The molecule has 4 aromatic rings. The molecule has 4 rings (SSSR count). The number of Topliss-reactive ketones (excluding diaryl/α,β-unsaturated/α-hetero) is 1. The summed E-state index contributed by atoms with van der Waals surface area (Å²) in [6.07, 6.45) is 2.78. The Kier molecular flexibility index (Phi) is 5.74. The monoisotopic (exact) mass is 473 g/mol. The van der Waals surface area contributed by atoms with E-state index in [1.54, 1.807) is 18.2 Å². The number of aromatic nitrogens is 3. The number of hydrogen-bond donors (Lipinski definition) is 0. The van der Waals surface area contributed by atoms with Gasteiger partial charge < -0.3 is 0 Å². The minimum atomic E-state index is -3.73. The number of nitrogens with zero attached hydrogens (tertiary/aromatic N) is 3. The zero-order chi connectivity index (χ0) is 22.2. The Bertz CT molecular complexity index is 1460. The van der Waals surface area contributed by atoms with E-state index in [1.807, 2.05) is 19.1 Å². The summed E-state index contributed by atoms with van der Waals surface area (Å²) in [5.41, 5.74) is 1.91. The highest BCUT2D eigenvalue weighted by molar-refractivity contribution is 7.94. The number of thiophene rings is 1. The number of pyridine rings is 1. The van der Waals surface area contributed by atoms with Crippen LogP contribution in [-0.2, 0) is 21.1 Å². The number of carbonyl (C=O) groups excluding carboxylic acids is 1. The van der Waals surface area contributed by atoms with Crippen LogP contribution in [0.1, 0.15) is 11.1 Å². The van der Waals surface area contributed by atoms with Gasteiger partial charge in [0.25, 0.3) is 5.56 Å². The number of carbonyl (C=O) groups is 1. The van der Waals surface area contributed by atoms with Gasteiger partial charge in [0.2, 0.25) is 0 Å². The van der Waals surface area contributed by atoms with Gasteiger partial charge >= 0.3 is 0 Å². The van der Waals surface area contributed by atoms with Gasteiger partial charge in [-0.25, -0.2) is 18.4 Å². The van der Waals surface area contributed by atoms with Gasteiger partial charge in [0.15, 0.2) is 15.6 Å². The molecule has 3 heterocycles. The Balaban J connectivity index is 1.52. The first-order valence-electron chi connectivity index (χ1n) is 9.16. The molecule has 0 radical (unpaired) electrons. The third-order valence-electron chi connectivity index (χ3n) is 4.58. The van der Waals surface area contributed by atoms with Gasteiger partial charge in [-0.15, -0.1) is 11.3 Å². The van der Waals surface area contributed by atoms with E-state index < -0.39 is 21.4 Å². The maximum atomic E-state index is 12.7. The van der Waals surface area contributed by atoms with Gasteiger partial charge in [0.05, 0.1) is 15.2 Å². The molecular weight excluding hydrogens is 458 g/mol. The summed E-state index contributed by atoms with van der Waals surface area (Å²) in [5, 5.41) is 0.480. The lowest BCUT2D eigenvalue weighted by Crippen LogP contribution is -2.20. The number of ketones is 1. The summed E-state index contributed by atoms with van der Waals surface area (Å²) in [5.74, 6) is -0.713. The van der Waals surface area contributed by atoms with Crippen LogP contribution in [0.15, 0.2) is 64.0 Å². The minimum absolute atomic E-state index is 0.0673. The molecule has 0 saturated carbocycles. The molecule has 0 N–H and O–H groups in total. The predicted octanol–water partition coefficient (Wildman–Crippen LogP) is 3.39. The third kappa shape index (κ3) is 4.58. The Labute approximate surface area is 186 Å². The molecule has 0 aliphatic heterocycles. The Hall–Kier alpha value is -2.88. The number of halogens is 1. The first kappa shape index (κ1) is 21.4. The molecule has 0 fully saturated rings. The van der Waals surface area contributed by atoms with Crippen LogP contribution in [0.4, 0.5) is 0 Å². The Morgan fingerprint density at radius 1 is 1.13 bits per heavy atom. The topological polar surface area (TPSA) is 99.0 Å². The highest BCUT2D eigenvalue weighted by atomic mass is 35.5. The number of sulfone groups is 1. The number of rotatable bonds is 6. The van der Waals surface area contributed by atoms with E-state index in [0.717, 1.165) is 16.9 Å². The zero-order valence-electron chi connectivity index (χ0n) is 16.3. The average Bonchev–Trinajstić information content (AvgIpc) is 3.16. The lowest BCUT2D eigenvalue weighted by Gasteiger charge is -2.07. The van der Waals surface area contributed by atoms with E-state index in [-0.39, 0.29) is 16.2 Å². The first-order chi connectivity index (χ1) is 14.7. The second-order valence-electron chi connectivity index (χ2n) is 7.00. The van der Waals surface area contributed by atoms with Crippen molar-refractivity contribution in [2.45, 2.75) is 17.6 Å². The Morgan fingerprint density at radius 3 is 2.61 bits per heavy atom. The SMILES string of the molecule is Cc1ccc2c(=O)n(-c3ccc(CC(=O)CS(=O)(=O)c4ccc(Cl)s4)cn3)cnc2c1. The van der Waals surface area contributed by atoms with Crippen LogP contribution >= 0.6 is 22.9 Å². The zero-order valence-corrected chi connectivity index (χ0v) is 18.7. The second kappa shape index (κ2) is 8.33. The molecule has 0 amide bonds. The molecule has 3 aromatic heterocycles. The molecule has 7 nitrogen and oxygen atoms in total. The molecule has 31 heavy (non-hydrogen) atoms. The summed E-state index contributed by atoms with van der Waals surface area (Å²) in [7, 11) is -3.73. The van der Waals surface area contributed by atoms with Crippen molar-refractivity contribution in [3.8, 4) is 5.82 Å². The van der Waals surface area contributed by atoms with Crippen molar-refractivity contribution in [1.82, 2.24) is 14.5 Å². The van der Waals surface area contributed by atoms with Crippen LogP contribution in [0, 0.1) is 6.92 Å². The molecule has 0 unspecified atom stereocenters. The van der Waals surface area contributed by atoms with E-state index in [4.69, 9.17) is 11.6 Å². The molecule has 158 valence electrons. The maximum Gasteiger partial charge on any atom is 0.266 e. The van der Waals surface area contributed by atoms with Crippen LogP contribution in [-0.4, -0.2) is 34.5 Å². The molecule has 10 heteroatoms. The molecule has 1 aromatic carbocycles. The van der Waals surface area contributed by atoms with Crippen LogP contribution in [0.2, 0.25) is 4.34 Å². The van der Waals surface area contributed by atoms with Crippen LogP contribution in [0.3, 0.4) is 0 Å². The van der Waals surface area contributed by atoms with Crippen molar-refractivity contribution in [2.75, 3.05) is 5.75 Å². The van der Waals surface area contributed by atoms with Crippen LogP contribution < -0.4 is 5.56 Å². The van der Waals surface area contributed by atoms with Crippen molar-refractivity contribution >= 4 is 49.5 Å². The van der Waals surface area contributed by atoms with Gasteiger partial charge in [-0.1, -0.05) is 23.7 Å². The smallest absolute Gasteiger partial charge is 0.266 e. The molecule has 0 atom stereocenters. The van der Waals surface area contributed by atoms with Crippen molar-refractivity contribution in [2.24, 2.45) is 0 Å². The fourth-order valence-electron chi connectivity index (χ4n) is 3.09. The molecule has 0 aliphatic rings. The number of aryl methyl sites for hydroxylation is 1. The second-order valence-corrected chi connectivity index (χ2v) is 10.9. The lowest BCUT2D eigenvalue weighted by atomic mass is 10.1. The van der Waals surface area contributed by atoms with Gasteiger partial charge in [-0.3, -0.25) is 14.2 Å². The normalized spacial score (nSPS) is 11.7. The van der Waals surface area contributed by atoms with Gasteiger partial charge in [-0.2, -0.15) is 0 Å². The van der Waals surface area contributed by atoms with Crippen LogP contribution in [0.25, 0.3) is 16.7 Å². The Morgan fingerprint density at radius 2 is 1.94 bits per heavy atom. The van der Waals surface area contributed by atoms with Gasteiger partial charge in [-0.05, 0) is 48.4 Å². The largest absolute Gasteiger partial charge is 0.298 e. The fourth-order valence-corrected chi connectivity index (χ4v) is 5.90. The first-order valence-corrected chi connectivity index (χ1v) is 12.0. The van der Waals surface area contributed by atoms with E-state index in [9.17, 15) is 18.0 Å². The van der Waals surface area contributed by atoms with E-state index >= 15 is 0 Å². The van der Waals surface area contributed by atoms with Gasteiger partial charge in [0.1, 0.15) is 22.1 Å². The fraction of sp³-hybridized carbons (Fsp3) is 0.143.